The summed E-state index contributed by atoms with van der Waals surface area (Å²) in [5.41, 5.74) is 2.35. The second-order valence-electron chi connectivity index (χ2n) is 6.00. The Morgan fingerprint density at radius 2 is 1.57 bits per heavy atom. The molecule has 0 spiro atoms. The quantitative estimate of drug-likeness (QED) is 0.721. The average molecular weight is 320 g/mol. The van der Waals surface area contributed by atoms with E-state index >= 15 is 0 Å². The number of rotatable bonds is 7. The van der Waals surface area contributed by atoms with Gasteiger partial charge in [-0.2, -0.15) is 0 Å². The van der Waals surface area contributed by atoms with Crippen LogP contribution in [0.25, 0.3) is 0 Å². The highest BCUT2D eigenvalue weighted by Gasteiger charge is 2.21. The Balaban J connectivity index is 2.05. The van der Waals surface area contributed by atoms with Crippen molar-refractivity contribution in [3.63, 3.8) is 0 Å². The third kappa shape index (κ3) is 4.39. The number of hydrogen-bond acceptors (Lipinski definition) is 5. The van der Waals surface area contributed by atoms with Crippen LogP contribution in [-0.2, 0) is 6.54 Å². The Labute approximate surface area is 139 Å². The lowest BCUT2D eigenvalue weighted by molar-refractivity contribution is 0.134. The van der Waals surface area contributed by atoms with Crippen LogP contribution in [0.15, 0.2) is 24.3 Å². The van der Waals surface area contributed by atoms with Crippen molar-refractivity contribution in [1.29, 1.82) is 0 Å². The van der Waals surface area contributed by atoms with E-state index < -0.39 is 0 Å². The minimum Gasteiger partial charge on any atom is -0.493 e. The molecule has 0 aliphatic carbocycles. The Morgan fingerprint density at radius 1 is 0.957 bits per heavy atom. The highest BCUT2D eigenvalue weighted by Crippen LogP contribution is 2.40. The number of nitrogens with zero attached hydrogens (tertiary/aromatic N) is 2. The van der Waals surface area contributed by atoms with E-state index in [-0.39, 0.29) is 0 Å². The molecule has 1 saturated heterocycles. The predicted molar refractivity (Wildman–Crippen MR) is 92.6 cm³/mol. The third-order valence-corrected chi connectivity index (χ3v) is 4.14. The lowest BCUT2D eigenvalue weighted by atomic mass is 10.1. The van der Waals surface area contributed by atoms with Gasteiger partial charge in [0.2, 0.25) is 5.75 Å². The minimum atomic E-state index is 0.661. The van der Waals surface area contributed by atoms with Crippen molar-refractivity contribution in [3.05, 3.63) is 29.8 Å². The maximum absolute atomic E-state index is 5.57. The van der Waals surface area contributed by atoms with Gasteiger partial charge in [0.05, 0.1) is 21.3 Å². The molecule has 1 fully saturated rings. The molecule has 0 radical (unpaired) electrons. The summed E-state index contributed by atoms with van der Waals surface area (Å²) in [7, 11) is 4.95. The van der Waals surface area contributed by atoms with Gasteiger partial charge in [-0.15, -0.1) is 0 Å². The molecule has 0 atom stereocenters. The average Bonchev–Trinajstić information content (AvgIpc) is 2.55. The fourth-order valence-corrected chi connectivity index (χ4v) is 3.02. The van der Waals surface area contributed by atoms with Crippen LogP contribution in [-0.4, -0.2) is 63.9 Å². The first-order valence-corrected chi connectivity index (χ1v) is 7.96. The summed E-state index contributed by atoms with van der Waals surface area (Å²) in [5, 5.41) is 0. The number of hydrogen-bond donors (Lipinski definition) is 0. The zero-order valence-electron chi connectivity index (χ0n) is 14.7. The molecule has 5 heteroatoms. The normalized spacial score (nSPS) is 16.2. The second kappa shape index (κ2) is 8.22. The Hall–Kier alpha value is -1.72. The topological polar surface area (TPSA) is 34.2 Å². The van der Waals surface area contributed by atoms with Crippen LogP contribution >= 0.6 is 0 Å². The van der Waals surface area contributed by atoms with Crippen LogP contribution < -0.4 is 14.2 Å². The van der Waals surface area contributed by atoms with E-state index in [9.17, 15) is 0 Å². The summed E-state index contributed by atoms with van der Waals surface area (Å²) in [6.07, 6.45) is 0. The van der Waals surface area contributed by atoms with E-state index in [0.717, 1.165) is 50.6 Å². The van der Waals surface area contributed by atoms with Gasteiger partial charge in [-0.05, 0) is 13.0 Å². The minimum absolute atomic E-state index is 0.661. The molecular weight excluding hydrogens is 292 g/mol. The van der Waals surface area contributed by atoms with Crippen molar-refractivity contribution in [3.8, 4) is 17.2 Å². The SMILES string of the molecule is C=C(C)CN1CCN(Cc2ccc(OC)c(OC)c2OC)CC1. The smallest absolute Gasteiger partial charge is 0.203 e. The highest BCUT2D eigenvalue weighted by molar-refractivity contribution is 5.55. The van der Waals surface area contributed by atoms with E-state index in [1.807, 2.05) is 6.07 Å². The summed E-state index contributed by atoms with van der Waals surface area (Å²) in [4.78, 5) is 4.89. The van der Waals surface area contributed by atoms with Crippen molar-refractivity contribution < 1.29 is 14.2 Å². The van der Waals surface area contributed by atoms with Gasteiger partial charge in [-0.25, -0.2) is 0 Å². The van der Waals surface area contributed by atoms with Gasteiger partial charge in [0.25, 0.3) is 0 Å². The summed E-state index contributed by atoms with van der Waals surface area (Å²) in [6, 6.07) is 3.99. The molecule has 2 rings (SSSR count). The van der Waals surface area contributed by atoms with Crippen LogP contribution in [0.2, 0.25) is 0 Å². The van der Waals surface area contributed by atoms with Gasteiger partial charge in [0.1, 0.15) is 0 Å². The van der Waals surface area contributed by atoms with Crippen LogP contribution in [0, 0.1) is 0 Å². The fourth-order valence-electron chi connectivity index (χ4n) is 3.02. The molecule has 0 amide bonds. The first-order valence-electron chi connectivity index (χ1n) is 7.96. The largest absolute Gasteiger partial charge is 0.493 e. The van der Waals surface area contributed by atoms with Crippen LogP contribution in [0.3, 0.4) is 0 Å². The van der Waals surface area contributed by atoms with Crippen molar-refractivity contribution in [2.45, 2.75) is 13.5 Å². The third-order valence-electron chi connectivity index (χ3n) is 4.14. The van der Waals surface area contributed by atoms with Crippen molar-refractivity contribution in [2.75, 3.05) is 54.1 Å². The molecule has 0 N–H and O–H groups in total. The summed E-state index contributed by atoms with van der Waals surface area (Å²) >= 11 is 0. The van der Waals surface area contributed by atoms with Crippen molar-refractivity contribution in [2.24, 2.45) is 0 Å². The summed E-state index contributed by atoms with van der Waals surface area (Å²) in [6.45, 7) is 12.2. The maximum atomic E-state index is 5.57. The monoisotopic (exact) mass is 320 g/mol. The first kappa shape index (κ1) is 17.6. The Bertz CT molecular complexity index is 537. The lowest BCUT2D eigenvalue weighted by Gasteiger charge is -2.35. The molecule has 1 aliphatic rings. The molecule has 0 bridgehead atoms. The van der Waals surface area contributed by atoms with Gasteiger partial charge in [0.15, 0.2) is 11.5 Å². The molecule has 0 aromatic heterocycles. The van der Waals surface area contributed by atoms with E-state index in [1.165, 1.54) is 5.57 Å². The van der Waals surface area contributed by atoms with Crippen molar-refractivity contribution in [1.82, 2.24) is 9.80 Å². The molecule has 5 nitrogen and oxygen atoms in total. The van der Waals surface area contributed by atoms with E-state index in [1.54, 1.807) is 21.3 Å². The molecule has 0 unspecified atom stereocenters. The molecule has 128 valence electrons. The van der Waals surface area contributed by atoms with Crippen LogP contribution in [0.5, 0.6) is 17.2 Å². The molecule has 1 aliphatic heterocycles. The number of ether oxygens (including phenoxy) is 3. The fraction of sp³-hybridized carbons (Fsp3) is 0.556. The molecule has 1 heterocycles. The second-order valence-corrected chi connectivity index (χ2v) is 6.00. The molecular formula is C18H28N2O3. The van der Waals surface area contributed by atoms with Crippen LogP contribution in [0.1, 0.15) is 12.5 Å². The number of methoxy groups -OCH3 is 3. The van der Waals surface area contributed by atoms with Gasteiger partial charge >= 0.3 is 0 Å². The zero-order valence-corrected chi connectivity index (χ0v) is 14.7. The molecule has 0 saturated carbocycles. The number of benzene rings is 1. The van der Waals surface area contributed by atoms with Gasteiger partial charge in [-0.3, -0.25) is 9.80 Å². The van der Waals surface area contributed by atoms with Gasteiger partial charge in [-0.1, -0.05) is 18.2 Å². The van der Waals surface area contributed by atoms with E-state index in [2.05, 4.69) is 29.4 Å². The van der Waals surface area contributed by atoms with E-state index in [0.29, 0.717) is 11.5 Å². The predicted octanol–water partition coefficient (Wildman–Crippen LogP) is 2.41. The van der Waals surface area contributed by atoms with Crippen molar-refractivity contribution >= 4 is 0 Å². The summed E-state index contributed by atoms with van der Waals surface area (Å²) in [5.74, 6) is 2.11. The van der Waals surface area contributed by atoms with Crippen LogP contribution in [0.4, 0.5) is 0 Å². The Morgan fingerprint density at radius 3 is 2.09 bits per heavy atom. The zero-order chi connectivity index (χ0) is 16.8. The Kier molecular flexibility index (Phi) is 6.30. The molecule has 1 aromatic rings. The first-order chi connectivity index (χ1) is 11.1. The van der Waals surface area contributed by atoms with E-state index in [4.69, 9.17) is 14.2 Å². The molecule has 23 heavy (non-hydrogen) atoms. The molecule has 1 aromatic carbocycles. The lowest BCUT2D eigenvalue weighted by Crippen LogP contribution is -2.46. The standard InChI is InChI=1S/C18H28N2O3/c1-14(2)12-19-8-10-20(11-9-19)13-15-6-7-16(21-3)18(23-5)17(15)22-4/h6-7H,1,8-13H2,2-5H3. The maximum Gasteiger partial charge on any atom is 0.203 e. The van der Waals surface area contributed by atoms with Gasteiger partial charge in [0, 0.05) is 44.8 Å². The van der Waals surface area contributed by atoms with Gasteiger partial charge < -0.3 is 14.2 Å². The number of piperazine rings is 1. The highest BCUT2D eigenvalue weighted by atomic mass is 16.5. The summed E-state index contributed by atoms with van der Waals surface area (Å²) < 4.78 is 16.4.